The van der Waals surface area contributed by atoms with Crippen LogP contribution in [0.3, 0.4) is 0 Å². The molecule has 152 valence electrons. The van der Waals surface area contributed by atoms with Crippen molar-refractivity contribution in [1.82, 2.24) is 15.3 Å². The van der Waals surface area contributed by atoms with E-state index in [-0.39, 0.29) is 17.8 Å². The second kappa shape index (κ2) is 8.84. The van der Waals surface area contributed by atoms with Crippen LogP contribution in [0.25, 0.3) is 10.2 Å². The Balaban J connectivity index is 1.45. The summed E-state index contributed by atoms with van der Waals surface area (Å²) in [5.74, 6) is 0.300. The molecule has 1 saturated heterocycles. The lowest BCUT2D eigenvalue weighted by Crippen LogP contribution is -2.25. The maximum absolute atomic E-state index is 13.7. The van der Waals surface area contributed by atoms with Gasteiger partial charge in [-0.25, -0.2) is 14.4 Å². The maximum Gasteiger partial charge on any atom is 0.261 e. The zero-order valence-electron chi connectivity index (χ0n) is 16.2. The van der Waals surface area contributed by atoms with Crippen LogP contribution in [0.2, 0.25) is 0 Å². The van der Waals surface area contributed by atoms with Crippen molar-refractivity contribution < 1.29 is 13.9 Å². The number of hydrogen-bond donors (Lipinski definition) is 2. The lowest BCUT2D eigenvalue weighted by atomic mass is 10.1. The summed E-state index contributed by atoms with van der Waals surface area (Å²) in [6, 6.07) is 6.61. The van der Waals surface area contributed by atoms with Gasteiger partial charge in [0.05, 0.1) is 16.4 Å². The van der Waals surface area contributed by atoms with Gasteiger partial charge in [-0.05, 0) is 43.4 Å². The molecule has 1 fully saturated rings. The molecular weight excluding hydrogens is 391 g/mol. The Kier molecular flexibility index (Phi) is 6.01. The van der Waals surface area contributed by atoms with Crippen LogP contribution in [0, 0.1) is 12.7 Å². The number of fused-ring (bicyclic) bond motifs is 1. The third-order valence-electron chi connectivity index (χ3n) is 5.09. The molecule has 4 rings (SSSR count). The van der Waals surface area contributed by atoms with E-state index in [1.165, 1.54) is 23.7 Å². The molecular formula is C21H23FN4O2S. The van der Waals surface area contributed by atoms with Crippen molar-refractivity contribution in [3.05, 3.63) is 52.4 Å². The van der Waals surface area contributed by atoms with Gasteiger partial charge in [0.1, 0.15) is 22.8 Å². The Labute approximate surface area is 172 Å². The number of rotatable bonds is 7. The topological polar surface area (TPSA) is 76.1 Å². The third kappa shape index (κ3) is 4.38. The number of carbonyl (C=O) groups is 1. The van der Waals surface area contributed by atoms with Gasteiger partial charge in [-0.1, -0.05) is 18.2 Å². The fraction of sp³-hybridized carbons (Fsp3) is 0.381. The van der Waals surface area contributed by atoms with E-state index >= 15 is 0 Å². The number of halogens is 1. The molecule has 1 aliphatic rings. The molecule has 2 N–H and O–H groups in total. The highest BCUT2D eigenvalue weighted by atomic mass is 32.1. The van der Waals surface area contributed by atoms with Crippen molar-refractivity contribution in [3.63, 3.8) is 0 Å². The summed E-state index contributed by atoms with van der Waals surface area (Å²) in [6.07, 6.45) is 4.27. The molecule has 0 bridgehead atoms. The molecule has 1 atom stereocenters. The van der Waals surface area contributed by atoms with Gasteiger partial charge in [-0.3, -0.25) is 4.79 Å². The lowest BCUT2D eigenvalue weighted by molar-refractivity contribution is 0.0957. The van der Waals surface area contributed by atoms with Gasteiger partial charge in [-0.15, -0.1) is 11.3 Å². The zero-order chi connectivity index (χ0) is 20.2. The Morgan fingerprint density at radius 1 is 1.34 bits per heavy atom. The smallest absolute Gasteiger partial charge is 0.261 e. The molecule has 1 aromatic carbocycles. The van der Waals surface area contributed by atoms with E-state index in [4.69, 9.17) is 4.74 Å². The Bertz CT molecular complexity index is 1020. The van der Waals surface area contributed by atoms with E-state index in [2.05, 4.69) is 20.6 Å². The van der Waals surface area contributed by atoms with Crippen LogP contribution >= 0.6 is 11.3 Å². The Morgan fingerprint density at radius 2 is 2.21 bits per heavy atom. The van der Waals surface area contributed by atoms with Gasteiger partial charge >= 0.3 is 0 Å². The van der Waals surface area contributed by atoms with E-state index in [0.29, 0.717) is 30.0 Å². The molecule has 3 aromatic rings. The van der Waals surface area contributed by atoms with E-state index in [0.717, 1.165) is 41.0 Å². The Morgan fingerprint density at radius 3 is 3.00 bits per heavy atom. The van der Waals surface area contributed by atoms with Gasteiger partial charge in [0.15, 0.2) is 0 Å². The first-order valence-electron chi connectivity index (χ1n) is 9.74. The normalized spacial score (nSPS) is 16.3. The number of anilines is 1. The minimum Gasteiger partial charge on any atom is -0.376 e. The molecule has 8 heteroatoms. The molecule has 6 nitrogen and oxygen atoms in total. The highest BCUT2D eigenvalue weighted by molar-refractivity contribution is 7.20. The SMILES string of the molecule is Cc1c(C(=O)NCCc2ccccc2F)sc2ncnc(NCC3CCCO3)c12. The highest BCUT2D eigenvalue weighted by Gasteiger charge is 2.21. The quantitative estimate of drug-likeness (QED) is 0.617. The number of nitrogens with zero attached hydrogens (tertiary/aromatic N) is 2. The minimum absolute atomic E-state index is 0.174. The zero-order valence-corrected chi connectivity index (χ0v) is 17.0. The summed E-state index contributed by atoms with van der Waals surface area (Å²) >= 11 is 1.35. The second-order valence-electron chi connectivity index (χ2n) is 7.07. The van der Waals surface area contributed by atoms with E-state index < -0.39 is 0 Å². The van der Waals surface area contributed by atoms with Crippen LogP contribution in [0.15, 0.2) is 30.6 Å². The first kappa shape index (κ1) is 19.7. The summed E-state index contributed by atoms with van der Waals surface area (Å²) in [6.45, 7) is 3.76. The average molecular weight is 415 g/mol. The van der Waals surface area contributed by atoms with Crippen LogP contribution in [0.5, 0.6) is 0 Å². The van der Waals surface area contributed by atoms with Crippen LogP contribution < -0.4 is 10.6 Å². The molecule has 1 unspecified atom stereocenters. The number of thiophene rings is 1. The fourth-order valence-electron chi connectivity index (χ4n) is 3.53. The summed E-state index contributed by atoms with van der Waals surface area (Å²) < 4.78 is 19.4. The summed E-state index contributed by atoms with van der Waals surface area (Å²) in [5, 5.41) is 7.11. The number of benzene rings is 1. The van der Waals surface area contributed by atoms with Crippen molar-refractivity contribution >= 4 is 33.3 Å². The first-order valence-corrected chi connectivity index (χ1v) is 10.6. The molecule has 3 heterocycles. The second-order valence-corrected chi connectivity index (χ2v) is 8.07. The summed E-state index contributed by atoms with van der Waals surface area (Å²) in [4.78, 5) is 22.8. The largest absolute Gasteiger partial charge is 0.376 e. The third-order valence-corrected chi connectivity index (χ3v) is 6.29. The number of carbonyl (C=O) groups excluding carboxylic acids is 1. The highest BCUT2D eigenvalue weighted by Crippen LogP contribution is 2.33. The van der Waals surface area contributed by atoms with E-state index in [1.54, 1.807) is 18.2 Å². The predicted molar refractivity (Wildman–Crippen MR) is 112 cm³/mol. The predicted octanol–water partition coefficient (Wildman–Crippen LogP) is 3.70. The van der Waals surface area contributed by atoms with Crippen LogP contribution in [0.1, 0.15) is 33.6 Å². The summed E-state index contributed by atoms with van der Waals surface area (Å²) in [7, 11) is 0. The molecule has 0 saturated carbocycles. The number of aryl methyl sites for hydroxylation is 1. The van der Waals surface area contributed by atoms with E-state index in [1.807, 2.05) is 6.92 Å². The Hall–Kier alpha value is -2.58. The number of amides is 1. The average Bonchev–Trinajstić information content (AvgIpc) is 3.36. The van der Waals surface area contributed by atoms with Crippen molar-refractivity contribution in [2.75, 3.05) is 25.0 Å². The minimum atomic E-state index is -0.253. The number of aromatic nitrogens is 2. The van der Waals surface area contributed by atoms with Gasteiger partial charge in [-0.2, -0.15) is 0 Å². The van der Waals surface area contributed by atoms with Gasteiger partial charge in [0, 0.05) is 19.7 Å². The van der Waals surface area contributed by atoms with Crippen molar-refractivity contribution in [1.29, 1.82) is 0 Å². The lowest BCUT2D eigenvalue weighted by Gasteiger charge is -2.12. The molecule has 2 aromatic heterocycles. The first-order chi connectivity index (χ1) is 14.1. The molecule has 0 radical (unpaired) electrons. The van der Waals surface area contributed by atoms with Crippen molar-refractivity contribution in [3.8, 4) is 0 Å². The fourth-order valence-corrected chi connectivity index (χ4v) is 4.60. The molecule has 0 spiro atoms. The van der Waals surface area contributed by atoms with Crippen LogP contribution in [-0.2, 0) is 11.2 Å². The number of nitrogens with one attached hydrogen (secondary N) is 2. The van der Waals surface area contributed by atoms with Gasteiger partial charge < -0.3 is 15.4 Å². The van der Waals surface area contributed by atoms with Gasteiger partial charge in [0.25, 0.3) is 5.91 Å². The molecule has 1 amide bonds. The molecule has 29 heavy (non-hydrogen) atoms. The standard InChI is InChI=1S/C21H23FN4O2S/c1-13-17-19(24-11-15-6-4-10-28-15)25-12-26-21(17)29-18(13)20(27)23-9-8-14-5-2-3-7-16(14)22/h2-3,5,7,12,15H,4,6,8-11H2,1H3,(H,23,27)(H,24,25,26). The number of ether oxygens (including phenoxy) is 1. The summed E-state index contributed by atoms with van der Waals surface area (Å²) in [5.41, 5.74) is 1.44. The number of hydrogen-bond acceptors (Lipinski definition) is 6. The van der Waals surface area contributed by atoms with Crippen LogP contribution in [-0.4, -0.2) is 41.7 Å². The molecule has 0 aliphatic carbocycles. The van der Waals surface area contributed by atoms with Gasteiger partial charge in [0.2, 0.25) is 0 Å². The van der Waals surface area contributed by atoms with Crippen LogP contribution in [0.4, 0.5) is 10.2 Å². The maximum atomic E-state index is 13.7. The van der Waals surface area contributed by atoms with E-state index in [9.17, 15) is 9.18 Å². The molecule has 1 aliphatic heterocycles. The van der Waals surface area contributed by atoms with Crippen molar-refractivity contribution in [2.45, 2.75) is 32.3 Å². The monoisotopic (exact) mass is 414 g/mol. The van der Waals surface area contributed by atoms with Crippen molar-refractivity contribution in [2.24, 2.45) is 0 Å².